The number of aliphatic hydroxyl groups is 1. The molecule has 3 rings (SSSR count). The van der Waals surface area contributed by atoms with E-state index < -0.39 is 6.10 Å². The highest BCUT2D eigenvalue weighted by Crippen LogP contribution is 2.33. The zero-order valence-electron chi connectivity index (χ0n) is 15.1. The Morgan fingerprint density at radius 3 is 3.00 bits per heavy atom. The van der Waals surface area contributed by atoms with Crippen LogP contribution >= 0.6 is 0 Å². The summed E-state index contributed by atoms with van der Waals surface area (Å²) in [5.41, 5.74) is 0.831. The van der Waals surface area contributed by atoms with Crippen LogP contribution in [0.15, 0.2) is 24.5 Å². The number of rotatable bonds is 6. The number of carbonyl (C=O) groups excluding carboxylic acids is 1. The molecule has 1 saturated carbocycles. The van der Waals surface area contributed by atoms with E-state index >= 15 is 0 Å². The predicted molar refractivity (Wildman–Crippen MR) is 94.7 cm³/mol. The number of aliphatic hydroxyl groups excluding tert-OH is 1. The average Bonchev–Trinajstić information content (AvgIpc) is 3.08. The van der Waals surface area contributed by atoms with E-state index in [1.807, 2.05) is 12.1 Å². The highest BCUT2D eigenvalue weighted by atomic mass is 16.5. The first-order valence-corrected chi connectivity index (χ1v) is 8.95. The molecule has 2 N–H and O–H groups in total. The second kappa shape index (κ2) is 8.37. The molecule has 0 spiro atoms. The first-order valence-electron chi connectivity index (χ1n) is 8.95. The van der Waals surface area contributed by atoms with Gasteiger partial charge in [0.1, 0.15) is 12.4 Å². The van der Waals surface area contributed by atoms with Gasteiger partial charge in [-0.2, -0.15) is 0 Å². The van der Waals surface area contributed by atoms with E-state index in [2.05, 4.69) is 20.4 Å². The minimum absolute atomic E-state index is 0.0523. The first-order chi connectivity index (χ1) is 12.6. The summed E-state index contributed by atoms with van der Waals surface area (Å²) >= 11 is 0. The summed E-state index contributed by atoms with van der Waals surface area (Å²) in [6.07, 6.45) is 5.33. The normalized spacial score (nSPS) is 23.0. The van der Waals surface area contributed by atoms with Crippen LogP contribution in [0.2, 0.25) is 0 Å². The van der Waals surface area contributed by atoms with Crippen LogP contribution in [-0.2, 0) is 16.1 Å². The fraction of sp³-hybridized carbons (Fsp3) is 0.556. The molecule has 2 aromatic heterocycles. The predicted octanol–water partition coefficient (Wildman–Crippen LogP) is 1.33. The quantitative estimate of drug-likeness (QED) is 0.807. The van der Waals surface area contributed by atoms with Crippen LogP contribution in [0.25, 0.3) is 5.69 Å². The van der Waals surface area contributed by atoms with Crippen LogP contribution in [-0.4, -0.2) is 50.0 Å². The standard InChI is InChI=1S/C18H25N5O3/c1-3-17(25)20-14-9-12(6-7-15(14)24)18-21-16(11-26-2)22-23(18)13-5-4-8-19-10-13/h4-5,8,10,12,14-15,24H,3,6-7,9,11H2,1-2H3,(H,20,25)/t12-,14+,15+/m0/s1. The Kier molecular flexibility index (Phi) is 5.95. The van der Waals surface area contributed by atoms with Crippen molar-refractivity contribution in [1.29, 1.82) is 0 Å². The van der Waals surface area contributed by atoms with Crippen LogP contribution in [0.4, 0.5) is 0 Å². The van der Waals surface area contributed by atoms with E-state index in [4.69, 9.17) is 4.74 Å². The van der Waals surface area contributed by atoms with Crippen LogP contribution in [0.3, 0.4) is 0 Å². The number of nitrogens with one attached hydrogen (secondary N) is 1. The van der Waals surface area contributed by atoms with Crippen LogP contribution in [0, 0.1) is 0 Å². The molecule has 8 nitrogen and oxygen atoms in total. The molecule has 0 bridgehead atoms. The topological polar surface area (TPSA) is 102 Å². The summed E-state index contributed by atoms with van der Waals surface area (Å²) in [6.45, 7) is 2.13. The summed E-state index contributed by atoms with van der Waals surface area (Å²) in [5.74, 6) is 1.45. The highest BCUT2D eigenvalue weighted by Gasteiger charge is 2.33. The Labute approximate surface area is 152 Å². The Morgan fingerprint density at radius 2 is 2.31 bits per heavy atom. The van der Waals surface area contributed by atoms with Crippen molar-refractivity contribution in [3.05, 3.63) is 36.2 Å². The number of nitrogens with zero attached hydrogens (tertiary/aromatic N) is 4. The number of aromatic nitrogens is 4. The third kappa shape index (κ3) is 4.08. The van der Waals surface area contributed by atoms with E-state index in [1.54, 1.807) is 31.1 Å². The second-order valence-corrected chi connectivity index (χ2v) is 6.55. The molecule has 8 heteroatoms. The summed E-state index contributed by atoms with van der Waals surface area (Å²) in [7, 11) is 1.61. The van der Waals surface area contributed by atoms with Crippen molar-refractivity contribution in [1.82, 2.24) is 25.1 Å². The van der Waals surface area contributed by atoms with E-state index in [1.165, 1.54) is 0 Å². The highest BCUT2D eigenvalue weighted by molar-refractivity contribution is 5.75. The minimum Gasteiger partial charge on any atom is -0.391 e. The Hall–Kier alpha value is -2.32. The average molecular weight is 359 g/mol. The van der Waals surface area contributed by atoms with Crippen LogP contribution in [0.5, 0.6) is 0 Å². The fourth-order valence-corrected chi connectivity index (χ4v) is 3.35. The molecule has 26 heavy (non-hydrogen) atoms. The van der Waals surface area contributed by atoms with Crippen molar-refractivity contribution < 1.29 is 14.6 Å². The number of ether oxygens (including phenoxy) is 1. The second-order valence-electron chi connectivity index (χ2n) is 6.55. The van der Waals surface area contributed by atoms with E-state index in [0.29, 0.717) is 31.7 Å². The SMILES string of the molecule is CCC(=O)N[C@@H]1C[C@@H](c2nc(COC)nn2-c2cccnc2)CC[C@H]1O. The maximum atomic E-state index is 11.8. The van der Waals surface area contributed by atoms with Crippen molar-refractivity contribution in [3.63, 3.8) is 0 Å². The molecule has 1 fully saturated rings. The van der Waals surface area contributed by atoms with E-state index in [0.717, 1.165) is 17.9 Å². The zero-order chi connectivity index (χ0) is 18.5. The largest absolute Gasteiger partial charge is 0.391 e. The number of hydrogen-bond donors (Lipinski definition) is 2. The molecule has 140 valence electrons. The Morgan fingerprint density at radius 1 is 1.46 bits per heavy atom. The van der Waals surface area contributed by atoms with Crippen molar-refractivity contribution >= 4 is 5.91 Å². The third-order valence-electron chi connectivity index (χ3n) is 4.69. The van der Waals surface area contributed by atoms with Crippen molar-refractivity contribution in [2.75, 3.05) is 7.11 Å². The van der Waals surface area contributed by atoms with Gasteiger partial charge in [0, 0.05) is 25.6 Å². The van der Waals surface area contributed by atoms with Crippen LogP contribution in [0.1, 0.15) is 50.2 Å². The molecule has 1 aliphatic rings. The van der Waals surface area contributed by atoms with E-state index in [9.17, 15) is 9.90 Å². The number of amides is 1. The molecule has 0 aromatic carbocycles. The van der Waals surface area contributed by atoms with Gasteiger partial charge in [-0.1, -0.05) is 6.92 Å². The molecule has 3 atom stereocenters. The first kappa shape index (κ1) is 18.5. The Balaban J connectivity index is 1.88. The maximum Gasteiger partial charge on any atom is 0.220 e. The molecule has 0 radical (unpaired) electrons. The molecular formula is C18H25N5O3. The van der Waals surface area contributed by atoms with Gasteiger partial charge in [-0.25, -0.2) is 9.67 Å². The summed E-state index contributed by atoms with van der Waals surface area (Å²) in [5, 5.41) is 17.7. The molecule has 0 aliphatic heterocycles. The molecule has 1 aliphatic carbocycles. The monoisotopic (exact) mass is 359 g/mol. The summed E-state index contributed by atoms with van der Waals surface area (Å²) < 4.78 is 6.97. The Bertz CT molecular complexity index is 734. The van der Waals surface area contributed by atoms with Gasteiger partial charge in [0.05, 0.1) is 24.0 Å². The van der Waals surface area contributed by atoms with Crippen LogP contribution < -0.4 is 5.32 Å². The number of pyridine rings is 1. The number of hydrogen-bond acceptors (Lipinski definition) is 6. The number of carbonyl (C=O) groups is 1. The minimum atomic E-state index is -0.532. The number of methoxy groups -OCH3 is 1. The van der Waals surface area contributed by atoms with E-state index in [-0.39, 0.29) is 17.9 Å². The maximum absolute atomic E-state index is 11.8. The van der Waals surface area contributed by atoms with Gasteiger partial charge in [-0.05, 0) is 31.4 Å². The lowest BCUT2D eigenvalue weighted by Gasteiger charge is -2.33. The fourth-order valence-electron chi connectivity index (χ4n) is 3.35. The van der Waals surface area contributed by atoms with Gasteiger partial charge in [0.15, 0.2) is 5.82 Å². The smallest absolute Gasteiger partial charge is 0.220 e. The molecule has 0 saturated heterocycles. The molecule has 2 heterocycles. The van der Waals surface area contributed by atoms with Gasteiger partial charge in [0.2, 0.25) is 5.91 Å². The lowest BCUT2D eigenvalue weighted by Crippen LogP contribution is -2.46. The third-order valence-corrected chi connectivity index (χ3v) is 4.69. The van der Waals surface area contributed by atoms with Gasteiger partial charge in [0.25, 0.3) is 0 Å². The zero-order valence-corrected chi connectivity index (χ0v) is 15.1. The molecule has 0 unspecified atom stereocenters. The van der Waals surface area contributed by atoms with Crippen molar-refractivity contribution in [3.8, 4) is 5.69 Å². The summed E-state index contributed by atoms with van der Waals surface area (Å²) in [6, 6.07) is 3.51. The lowest BCUT2D eigenvalue weighted by molar-refractivity contribution is -0.122. The molecular weight excluding hydrogens is 334 g/mol. The molecule has 1 amide bonds. The lowest BCUT2D eigenvalue weighted by atomic mass is 9.83. The van der Waals surface area contributed by atoms with Gasteiger partial charge in [-0.3, -0.25) is 9.78 Å². The van der Waals surface area contributed by atoms with Gasteiger partial charge < -0.3 is 15.2 Å². The van der Waals surface area contributed by atoms with Crippen molar-refractivity contribution in [2.45, 2.75) is 57.3 Å². The van der Waals surface area contributed by atoms with Gasteiger partial charge in [-0.15, -0.1) is 5.10 Å². The molecule has 2 aromatic rings. The summed E-state index contributed by atoms with van der Waals surface area (Å²) in [4.78, 5) is 20.6. The van der Waals surface area contributed by atoms with Crippen molar-refractivity contribution in [2.24, 2.45) is 0 Å². The van der Waals surface area contributed by atoms with Gasteiger partial charge >= 0.3 is 0 Å².